The Hall–Kier alpha value is -0.670. The molecule has 0 radical (unpaired) electrons. The summed E-state index contributed by atoms with van der Waals surface area (Å²) in [7, 11) is 0. The number of pyridine rings is 1. The lowest BCUT2D eigenvalue weighted by molar-refractivity contribution is 0.863. The first-order valence-corrected chi connectivity index (χ1v) is 4.03. The van der Waals surface area contributed by atoms with Crippen LogP contribution < -0.4 is 5.73 Å². The van der Waals surface area contributed by atoms with Crippen LogP contribution in [0.15, 0.2) is 35.5 Å². The number of rotatable bonds is 2. The van der Waals surface area contributed by atoms with Crippen molar-refractivity contribution in [3.8, 4) is 0 Å². The third-order valence-electron chi connectivity index (χ3n) is 1.35. The van der Waals surface area contributed by atoms with Crippen LogP contribution in [-0.2, 0) is 0 Å². The highest BCUT2D eigenvalue weighted by Crippen LogP contribution is 2.11. The minimum atomic E-state index is -0.164. The minimum absolute atomic E-state index is 0.164. The Kier molecular flexibility index (Phi) is 2.79. The molecule has 2 nitrogen and oxygen atoms in total. The van der Waals surface area contributed by atoms with E-state index in [1.54, 1.807) is 12.3 Å². The highest BCUT2D eigenvalue weighted by Gasteiger charge is 2.00. The normalized spacial score (nSPS) is 12.5. The molecule has 58 valence electrons. The molecule has 1 aromatic heterocycles. The molecule has 0 fully saturated rings. The van der Waals surface area contributed by atoms with E-state index in [1.807, 2.05) is 12.1 Å². The van der Waals surface area contributed by atoms with Crippen LogP contribution in [0.4, 0.5) is 0 Å². The minimum Gasteiger partial charge on any atom is -0.319 e. The first-order chi connectivity index (χ1) is 5.24. The monoisotopic (exact) mass is 212 g/mol. The van der Waals surface area contributed by atoms with Gasteiger partial charge in [-0.15, -0.1) is 6.58 Å². The largest absolute Gasteiger partial charge is 0.319 e. The number of nitrogens with two attached hydrogens (primary N) is 1. The van der Waals surface area contributed by atoms with Crippen LogP contribution in [0.25, 0.3) is 0 Å². The Morgan fingerprint density at radius 1 is 1.64 bits per heavy atom. The van der Waals surface area contributed by atoms with E-state index < -0.39 is 0 Å². The van der Waals surface area contributed by atoms with Crippen molar-refractivity contribution in [1.82, 2.24) is 4.98 Å². The van der Waals surface area contributed by atoms with E-state index in [0.717, 1.165) is 10.2 Å². The molecule has 0 saturated heterocycles. The Bertz CT molecular complexity index is 243. The van der Waals surface area contributed by atoms with Crippen molar-refractivity contribution in [2.45, 2.75) is 6.04 Å². The molecule has 1 rings (SSSR count). The van der Waals surface area contributed by atoms with Crippen molar-refractivity contribution in [3.63, 3.8) is 0 Å². The van der Waals surface area contributed by atoms with Gasteiger partial charge in [-0.25, -0.2) is 0 Å². The highest BCUT2D eigenvalue weighted by atomic mass is 79.9. The van der Waals surface area contributed by atoms with Crippen LogP contribution in [0.3, 0.4) is 0 Å². The molecule has 0 aliphatic carbocycles. The highest BCUT2D eigenvalue weighted by molar-refractivity contribution is 9.10. The van der Waals surface area contributed by atoms with E-state index in [-0.39, 0.29) is 6.04 Å². The number of hydrogen-bond acceptors (Lipinski definition) is 2. The number of nitrogens with zero attached hydrogens (tertiary/aromatic N) is 1. The van der Waals surface area contributed by atoms with Crippen LogP contribution in [0.2, 0.25) is 0 Å². The van der Waals surface area contributed by atoms with E-state index in [2.05, 4.69) is 27.5 Å². The van der Waals surface area contributed by atoms with E-state index in [1.165, 1.54) is 0 Å². The van der Waals surface area contributed by atoms with Crippen LogP contribution in [0.1, 0.15) is 11.7 Å². The summed E-state index contributed by atoms with van der Waals surface area (Å²) in [5, 5.41) is 0. The van der Waals surface area contributed by atoms with E-state index in [4.69, 9.17) is 5.73 Å². The lowest BCUT2D eigenvalue weighted by Crippen LogP contribution is -2.07. The van der Waals surface area contributed by atoms with Gasteiger partial charge in [0, 0.05) is 10.7 Å². The molecule has 1 atom stereocenters. The van der Waals surface area contributed by atoms with E-state index in [9.17, 15) is 0 Å². The Morgan fingerprint density at radius 2 is 2.36 bits per heavy atom. The van der Waals surface area contributed by atoms with Crippen LogP contribution in [0, 0.1) is 0 Å². The molecule has 0 amide bonds. The van der Waals surface area contributed by atoms with Gasteiger partial charge in [0.2, 0.25) is 0 Å². The molecular formula is C8H9BrN2. The standard InChI is InChI=1S/C8H9BrN2/c1-2-7(10)8-4-3-6(9)5-11-8/h2-5,7H,1,10H2. The number of hydrogen-bond donors (Lipinski definition) is 1. The molecule has 1 aromatic rings. The Labute approximate surface area is 74.3 Å². The smallest absolute Gasteiger partial charge is 0.0653 e. The first-order valence-electron chi connectivity index (χ1n) is 3.23. The van der Waals surface area contributed by atoms with Gasteiger partial charge in [0.15, 0.2) is 0 Å². The lowest BCUT2D eigenvalue weighted by Gasteiger charge is -2.03. The van der Waals surface area contributed by atoms with Crippen LogP contribution in [0.5, 0.6) is 0 Å². The quantitative estimate of drug-likeness (QED) is 0.763. The predicted octanol–water partition coefficient (Wildman–Crippen LogP) is 2.03. The fourth-order valence-corrected chi connectivity index (χ4v) is 0.940. The zero-order chi connectivity index (χ0) is 8.27. The summed E-state index contributed by atoms with van der Waals surface area (Å²) in [4.78, 5) is 4.11. The summed E-state index contributed by atoms with van der Waals surface area (Å²) in [5.41, 5.74) is 6.48. The third kappa shape index (κ3) is 2.13. The maximum atomic E-state index is 5.65. The molecule has 1 heterocycles. The lowest BCUT2D eigenvalue weighted by atomic mass is 10.2. The van der Waals surface area contributed by atoms with Gasteiger partial charge in [0.1, 0.15) is 0 Å². The van der Waals surface area contributed by atoms with E-state index in [0.29, 0.717) is 0 Å². The zero-order valence-electron chi connectivity index (χ0n) is 6.00. The average molecular weight is 213 g/mol. The van der Waals surface area contributed by atoms with Gasteiger partial charge >= 0.3 is 0 Å². The van der Waals surface area contributed by atoms with Crippen molar-refractivity contribution in [2.24, 2.45) is 5.73 Å². The Morgan fingerprint density at radius 3 is 2.82 bits per heavy atom. The van der Waals surface area contributed by atoms with Crippen LogP contribution in [-0.4, -0.2) is 4.98 Å². The molecular weight excluding hydrogens is 204 g/mol. The summed E-state index contributed by atoms with van der Waals surface area (Å²) in [5.74, 6) is 0. The average Bonchev–Trinajstić information content (AvgIpc) is 2.05. The maximum Gasteiger partial charge on any atom is 0.0653 e. The second-order valence-corrected chi connectivity index (χ2v) is 3.08. The van der Waals surface area contributed by atoms with Gasteiger partial charge in [0.25, 0.3) is 0 Å². The van der Waals surface area contributed by atoms with Gasteiger partial charge in [-0.05, 0) is 28.1 Å². The number of halogens is 1. The molecule has 0 aliphatic rings. The third-order valence-corrected chi connectivity index (χ3v) is 1.81. The summed E-state index contributed by atoms with van der Waals surface area (Å²) in [6.45, 7) is 3.58. The SMILES string of the molecule is C=CC(N)c1ccc(Br)cn1. The van der Waals surface area contributed by atoms with Gasteiger partial charge in [-0.3, -0.25) is 4.98 Å². The summed E-state index contributed by atoms with van der Waals surface area (Å²) < 4.78 is 0.956. The van der Waals surface area contributed by atoms with Gasteiger partial charge in [-0.2, -0.15) is 0 Å². The molecule has 0 aromatic carbocycles. The van der Waals surface area contributed by atoms with Gasteiger partial charge in [-0.1, -0.05) is 6.08 Å². The van der Waals surface area contributed by atoms with Gasteiger partial charge in [0.05, 0.1) is 11.7 Å². The molecule has 0 spiro atoms. The first kappa shape index (κ1) is 8.43. The van der Waals surface area contributed by atoms with Crippen molar-refractivity contribution in [1.29, 1.82) is 0 Å². The molecule has 3 heteroatoms. The number of aromatic nitrogens is 1. The molecule has 11 heavy (non-hydrogen) atoms. The maximum absolute atomic E-state index is 5.65. The summed E-state index contributed by atoms with van der Waals surface area (Å²) in [6.07, 6.45) is 3.38. The predicted molar refractivity (Wildman–Crippen MR) is 49.1 cm³/mol. The molecule has 0 aliphatic heterocycles. The van der Waals surface area contributed by atoms with Crippen molar-refractivity contribution in [3.05, 3.63) is 41.2 Å². The van der Waals surface area contributed by atoms with Crippen LogP contribution >= 0.6 is 15.9 Å². The Balaban J connectivity index is 2.89. The fraction of sp³-hybridized carbons (Fsp3) is 0.125. The molecule has 1 unspecified atom stereocenters. The molecule has 0 saturated carbocycles. The summed E-state index contributed by atoms with van der Waals surface area (Å²) in [6, 6.07) is 3.62. The zero-order valence-corrected chi connectivity index (χ0v) is 7.58. The topological polar surface area (TPSA) is 38.9 Å². The van der Waals surface area contributed by atoms with Gasteiger partial charge < -0.3 is 5.73 Å². The second-order valence-electron chi connectivity index (χ2n) is 2.16. The second kappa shape index (κ2) is 3.64. The summed E-state index contributed by atoms with van der Waals surface area (Å²) >= 11 is 3.29. The van der Waals surface area contributed by atoms with Crippen molar-refractivity contribution >= 4 is 15.9 Å². The fourth-order valence-electron chi connectivity index (χ4n) is 0.705. The van der Waals surface area contributed by atoms with Crippen molar-refractivity contribution < 1.29 is 0 Å². The van der Waals surface area contributed by atoms with Crippen molar-refractivity contribution in [2.75, 3.05) is 0 Å². The molecule has 2 N–H and O–H groups in total. The van der Waals surface area contributed by atoms with E-state index >= 15 is 0 Å². The molecule has 0 bridgehead atoms.